The Labute approximate surface area is 143 Å². The van der Waals surface area contributed by atoms with E-state index >= 15 is 0 Å². The average Bonchev–Trinajstić information content (AvgIpc) is 2.99. The molecule has 0 spiro atoms. The number of aromatic nitrogens is 3. The number of hydrogen-bond acceptors (Lipinski definition) is 5. The third-order valence-electron chi connectivity index (χ3n) is 3.41. The van der Waals surface area contributed by atoms with Gasteiger partial charge in [-0.3, -0.25) is 14.2 Å². The predicted octanol–water partition coefficient (Wildman–Crippen LogP) is 2.82. The predicted molar refractivity (Wildman–Crippen MR) is 86.5 cm³/mol. The van der Waals surface area contributed by atoms with Crippen molar-refractivity contribution in [1.29, 1.82) is 0 Å². The van der Waals surface area contributed by atoms with Crippen molar-refractivity contribution in [3.63, 3.8) is 0 Å². The molecule has 0 aliphatic rings. The number of carbonyl (C=O) groups excluding carboxylic acids is 1. The minimum absolute atomic E-state index is 0.185. The highest BCUT2D eigenvalue weighted by atomic mass is 32.1. The number of carbonyl (C=O) groups is 1. The Morgan fingerprint density at radius 2 is 2.12 bits per heavy atom. The summed E-state index contributed by atoms with van der Waals surface area (Å²) in [5.41, 5.74) is -0.112. The Balaban J connectivity index is 1.79. The van der Waals surface area contributed by atoms with Crippen molar-refractivity contribution in [2.24, 2.45) is 0 Å². The third kappa shape index (κ3) is 3.53. The lowest BCUT2D eigenvalue weighted by molar-refractivity contribution is -0.140. The van der Waals surface area contributed by atoms with Crippen LogP contribution in [0.4, 0.5) is 18.3 Å². The molecular weight excluding hydrogens is 357 g/mol. The molecular formula is C15H11F3N4O2S. The lowest BCUT2D eigenvalue weighted by Crippen LogP contribution is -2.28. The highest BCUT2D eigenvalue weighted by Gasteiger charge is 2.33. The van der Waals surface area contributed by atoms with Crippen molar-refractivity contribution >= 4 is 33.3 Å². The van der Waals surface area contributed by atoms with Crippen molar-refractivity contribution < 1.29 is 18.0 Å². The van der Waals surface area contributed by atoms with E-state index in [0.29, 0.717) is 22.2 Å². The number of para-hydroxylation sites is 1. The Hall–Kier alpha value is -2.75. The van der Waals surface area contributed by atoms with Crippen LogP contribution in [0.1, 0.15) is 11.3 Å². The maximum absolute atomic E-state index is 12.5. The summed E-state index contributed by atoms with van der Waals surface area (Å²) in [4.78, 5) is 31.8. The monoisotopic (exact) mass is 368 g/mol. The molecule has 1 N–H and O–H groups in total. The quantitative estimate of drug-likeness (QED) is 0.771. The maximum Gasteiger partial charge on any atom is 0.434 e. The number of nitrogens with zero attached hydrogens (tertiary/aromatic N) is 3. The number of amides is 1. The average molecular weight is 368 g/mol. The smallest absolute Gasteiger partial charge is 0.300 e. The van der Waals surface area contributed by atoms with E-state index < -0.39 is 23.3 Å². The molecule has 1 aromatic carbocycles. The van der Waals surface area contributed by atoms with Crippen LogP contribution in [0.25, 0.3) is 10.9 Å². The number of fused-ring (bicyclic) bond motifs is 1. The van der Waals surface area contributed by atoms with Crippen LogP contribution in [0.15, 0.2) is 34.7 Å². The van der Waals surface area contributed by atoms with Gasteiger partial charge in [0.05, 0.1) is 17.2 Å². The number of thiazole rings is 1. The number of anilines is 1. The maximum atomic E-state index is 12.5. The van der Waals surface area contributed by atoms with Crippen LogP contribution < -0.4 is 10.9 Å². The van der Waals surface area contributed by atoms with E-state index in [2.05, 4.69) is 15.3 Å². The summed E-state index contributed by atoms with van der Waals surface area (Å²) >= 11 is 0.658. The Kier molecular flexibility index (Phi) is 4.29. The van der Waals surface area contributed by atoms with Crippen LogP contribution in [-0.2, 0) is 17.5 Å². The molecule has 10 heteroatoms. The fraction of sp³-hybridized carbons (Fsp3) is 0.200. The summed E-state index contributed by atoms with van der Waals surface area (Å²) < 4.78 is 38.6. The number of halogens is 3. The van der Waals surface area contributed by atoms with Gasteiger partial charge in [-0.05, 0) is 18.6 Å². The van der Waals surface area contributed by atoms with Gasteiger partial charge in [0, 0.05) is 5.38 Å². The molecule has 130 valence electrons. The van der Waals surface area contributed by atoms with Gasteiger partial charge < -0.3 is 5.32 Å². The molecule has 25 heavy (non-hydrogen) atoms. The molecule has 2 heterocycles. The zero-order valence-corrected chi connectivity index (χ0v) is 13.6. The van der Waals surface area contributed by atoms with Gasteiger partial charge in [-0.2, -0.15) is 13.2 Å². The van der Waals surface area contributed by atoms with Gasteiger partial charge in [-0.15, -0.1) is 11.3 Å². The lowest BCUT2D eigenvalue weighted by atomic mass is 10.1. The minimum Gasteiger partial charge on any atom is -0.300 e. The van der Waals surface area contributed by atoms with Gasteiger partial charge in [0.2, 0.25) is 5.91 Å². The van der Waals surface area contributed by atoms with E-state index in [1.165, 1.54) is 6.33 Å². The molecule has 0 fully saturated rings. The molecule has 3 aromatic rings. The molecule has 0 aliphatic heterocycles. The molecule has 6 nitrogen and oxygen atoms in total. The van der Waals surface area contributed by atoms with Gasteiger partial charge >= 0.3 is 6.18 Å². The largest absolute Gasteiger partial charge is 0.434 e. The van der Waals surface area contributed by atoms with Crippen LogP contribution in [0, 0.1) is 6.92 Å². The topological polar surface area (TPSA) is 76.9 Å². The summed E-state index contributed by atoms with van der Waals surface area (Å²) in [6.07, 6.45) is -3.34. The molecule has 0 bridgehead atoms. The van der Waals surface area contributed by atoms with Crippen molar-refractivity contribution in [3.8, 4) is 0 Å². The second-order valence-electron chi connectivity index (χ2n) is 5.23. The fourth-order valence-corrected chi connectivity index (χ4v) is 2.96. The second kappa shape index (κ2) is 6.28. The van der Waals surface area contributed by atoms with Gasteiger partial charge in [0.15, 0.2) is 10.8 Å². The van der Waals surface area contributed by atoms with E-state index in [9.17, 15) is 22.8 Å². The first-order valence-electron chi connectivity index (χ1n) is 7.03. The third-order valence-corrected chi connectivity index (χ3v) is 4.17. The van der Waals surface area contributed by atoms with Crippen LogP contribution in [0.2, 0.25) is 0 Å². The van der Waals surface area contributed by atoms with Crippen LogP contribution in [0.3, 0.4) is 0 Å². The van der Waals surface area contributed by atoms with E-state index in [0.717, 1.165) is 15.5 Å². The zero-order valence-electron chi connectivity index (χ0n) is 12.8. The van der Waals surface area contributed by atoms with E-state index in [-0.39, 0.29) is 11.7 Å². The van der Waals surface area contributed by atoms with Gasteiger partial charge in [-0.25, -0.2) is 9.97 Å². The first kappa shape index (κ1) is 17.1. The first-order chi connectivity index (χ1) is 11.8. The van der Waals surface area contributed by atoms with E-state index in [1.807, 2.05) is 13.0 Å². The van der Waals surface area contributed by atoms with E-state index in [4.69, 9.17) is 0 Å². The summed E-state index contributed by atoms with van der Waals surface area (Å²) in [6.45, 7) is 1.43. The minimum atomic E-state index is -4.57. The Bertz CT molecular complexity index is 1010. The molecule has 0 unspecified atom stereocenters. The highest BCUT2D eigenvalue weighted by Crippen LogP contribution is 2.31. The number of rotatable bonds is 3. The zero-order chi connectivity index (χ0) is 18.2. The van der Waals surface area contributed by atoms with Crippen molar-refractivity contribution in [1.82, 2.24) is 14.5 Å². The van der Waals surface area contributed by atoms with Gasteiger partial charge in [0.25, 0.3) is 5.56 Å². The molecule has 0 atom stereocenters. The molecule has 1 amide bonds. The normalized spacial score (nSPS) is 11.7. The molecule has 2 aromatic heterocycles. The number of alkyl halides is 3. The molecule has 0 saturated heterocycles. The van der Waals surface area contributed by atoms with Crippen molar-refractivity contribution in [3.05, 3.63) is 51.5 Å². The summed E-state index contributed by atoms with van der Waals surface area (Å²) in [5.74, 6) is -0.668. The van der Waals surface area contributed by atoms with Gasteiger partial charge in [0.1, 0.15) is 6.54 Å². The fourth-order valence-electron chi connectivity index (χ4n) is 2.22. The summed E-state index contributed by atoms with van der Waals surface area (Å²) in [6, 6.07) is 5.12. The van der Waals surface area contributed by atoms with Gasteiger partial charge in [-0.1, -0.05) is 12.1 Å². The number of aryl methyl sites for hydroxylation is 1. The van der Waals surface area contributed by atoms with Crippen molar-refractivity contribution in [2.45, 2.75) is 19.6 Å². The number of nitrogens with one attached hydrogen (secondary N) is 1. The van der Waals surface area contributed by atoms with Crippen LogP contribution in [0.5, 0.6) is 0 Å². The first-order valence-corrected chi connectivity index (χ1v) is 7.91. The summed E-state index contributed by atoms with van der Waals surface area (Å²) in [7, 11) is 0. The second-order valence-corrected chi connectivity index (χ2v) is 6.09. The molecule has 0 saturated carbocycles. The highest BCUT2D eigenvalue weighted by molar-refractivity contribution is 7.13. The molecule has 0 aliphatic carbocycles. The number of hydrogen-bond donors (Lipinski definition) is 1. The standard InChI is InChI=1S/C15H11F3N4O2S/c1-8-3-2-4-9-12(8)19-7-22(13(9)24)5-11(23)21-14-20-10(6-25-14)15(16,17)18/h2-4,6-7H,5H2,1H3,(H,20,21,23). The Morgan fingerprint density at radius 1 is 1.36 bits per heavy atom. The van der Waals surface area contributed by atoms with Crippen LogP contribution in [-0.4, -0.2) is 20.4 Å². The van der Waals surface area contributed by atoms with Crippen LogP contribution >= 0.6 is 11.3 Å². The number of benzene rings is 1. The molecule has 3 rings (SSSR count). The molecule has 0 radical (unpaired) electrons. The van der Waals surface area contributed by atoms with Crippen molar-refractivity contribution in [2.75, 3.05) is 5.32 Å². The van der Waals surface area contributed by atoms with E-state index in [1.54, 1.807) is 12.1 Å². The summed E-state index contributed by atoms with van der Waals surface area (Å²) in [5, 5.41) is 3.24. The SMILES string of the molecule is Cc1cccc2c(=O)n(CC(=O)Nc3nc(C(F)(F)F)cs3)cnc12. The Morgan fingerprint density at radius 3 is 2.80 bits per heavy atom. The lowest BCUT2D eigenvalue weighted by Gasteiger charge is -2.07.